The number of carbonyl (C=O) groups is 1. The Kier molecular flexibility index (Phi) is 5.81. The fraction of sp³-hybridized carbons (Fsp3) is 0.227. The van der Waals surface area contributed by atoms with Crippen molar-refractivity contribution in [3.05, 3.63) is 83.2 Å². The number of rotatable bonds is 6. The number of nitrogens with zero attached hydrogens (tertiary/aromatic N) is 3. The molecular formula is C22H24N4O. The summed E-state index contributed by atoms with van der Waals surface area (Å²) < 4.78 is 0. The Morgan fingerprint density at radius 3 is 2.48 bits per heavy atom. The van der Waals surface area contributed by atoms with Crippen LogP contribution in [0, 0.1) is 13.8 Å². The number of anilines is 2. The maximum Gasteiger partial charge on any atom is 0.274 e. The first-order valence-corrected chi connectivity index (χ1v) is 9.07. The molecule has 0 aliphatic carbocycles. The molecule has 0 fully saturated rings. The van der Waals surface area contributed by atoms with E-state index in [0.29, 0.717) is 18.2 Å². The van der Waals surface area contributed by atoms with Crippen LogP contribution in [0.15, 0.2) is 60.7 Å². The molecular weight excluding hydrogens is 336 g/mol. The van der Waals surface area contributed by atoms with E-state index in [4.69, 9.17) is 0 Å². The molecule has 0 radical (unpaired) electrons. The predicted molar refractivity (Wildman–Crippen MR) is 109 cm³/mol. The largest absolute Gasteiger partial charge is 0.337 e. The SMILES string of the molecule is CCN(Cc1ccccc1)c1nc(C)cc(C(=O)Nc2cccc(C)c2)n1. The highest BCUT2D eigenvalue weighted by molar-refractivity contribution is 6.03. The monoisotopic (exact) mass is 360 g/mol. The van der Waals surface area contributed by atoms with E-state index in [1.807, 2.05) is 56.3 Å². The molecule has 1 heterocycles. The molecule has 0 saturated heterocycles. The van der Waals surface area contributed by atoms with Gasteiger partial charge in [-0.2, -0.15) is 0 Å². The van der Waals surface area contributed by atoms with Crippen LogP contribution >= 0.6 is 0 Å². The third-order valence-electron chi connectivity index (χ3n) is 4.23. The number of aryl methyl sites for hydroxylation is 2. The van der Waals surface area contributed by atoms with Gasteiger partial charge in [0, 0.05) is 24.5 Å². The van der Waals surface area contributed by atoms with Crippen molar-refractivity contribution in [2.45, 2.75) is 27.3 Å². The quantitative estimate of drug-likeness (QED) is 0.709. The van der Waals surface area contributed by atoms with Gasteiger partial charge in [0.1, 0.15) is 5.69 Å². The molecule has 5 heteroatoms. The van der Waals surface area contributed by atoms with Gasteiger partial charge in [-0.3, -0.25) is 4.79 Å². The van der Waals surface area contributed by atoms with Crippen molar-refractivity contribution in [1.82, 2.24) is 9.97 Å². The summed E-state index contributed by atoms with van der Waals surface area (Å²) in [5.74, 6) is 0.332. The molecule has 5 nitrogen and oxygen atoms in total. The molecule has 1 amide bonds. The van der Waals surface area contributed by atoms with Crippen molar-refractivity contribution < 1.29 is 4.79 Å². The van der Waals surface area contributed by atoms with Crippen molar-refractivity contribution in [3.63, 3.8) is 0 Å². The summed E-state index contributed by atoms with van der Waals surface area (Å²) in [5, 5.41) is 2.91. The number of carbonyl (C=O) groups excluding carboxylic acids is 1. The van der Waals surface area contributed by atoms with Crippen molar-refractivity contribution in [3.8, 4) is 0 Å². The molecule has 0 aliphatic heterocycles. The summed E-state index contributed by atoms with van der Waals surface area (Å²) in [4.78, 5) is 23.8. The maximum atomic E-state index is 12.7. The first kappa shape index (κ1) is 18.6. The van der Waals surface area contributed by atoms with Crippen LogP contribution in [0.25, 0.3) is 0 Å². The van der Waals surface area contributed by atoms with Crippen molar-refractivity contribution in [2.24, 2.45) is 0 Å². The lowest BCUT2D eigenvalue weighted by Gasteiger charge is -2.21. The van der Waals surface area contributed by atoms with Crippen LogP contribution in [-0.4, -0.2) is 22.4 Å². The summed E-state index contributed by atoms with van der Waals surface area (Å²) in [7, 11) is 0. The summed E-state index contributed by atoms with van der Waals surface area (Å²) in [5.41, 5.74) is 4.16. The molecule has 27 heavy (non-hydrogen) atoms. The highest BCUT2D eigenvalue weighted by atomic mass is 16.1. The highest BCUT2D eigenvalue weighted by Crippen LogP contribution is 2.16. The second-order valence-corrected chi connectivity index (χ2v) is 6.52. The summed E-state index contributed by atoms with van der Waals surface area (Å²) in [6, 6.07) is 19.6. The van der Waals surface area contributed by atoms with E-state index in [-0.39, 0.29) is 5.91 Å². The number of amides is 1. The zero-order valence-electron chi connectivity index (χ0n) is 15.9. The Morgan fingerprint density at radius 1 is 1.00 bits per heavy atom. The van der Waals surface area contributed by atoms with Crippen molar-refractivity contribution >= 4 is 17.5 Å². The molecule has 1 aromatic heterocycles. The minimum absolute atomic E-state index is 0.233. The zero-order chi connectivity index (χ0) is 19.2. The van der Waals surface area contributed by atoms with E-state index >= 15 is 0 Å². The van der Waals surface area contributed by atoms with Gasteiger partial charge in [-0.1, -0.05) is 42.5 Å². The average molecular weight is 360 g/mol. The molecule has 0 unspecified atom stereocenters. The number of nitrogens with one attached hydrogen (secondary N) is 1. The lowest BCUT2D eigenvalue weighted by molar-refractivity contribution is 0.102. The summed E-state index contributed by atoms with van der Waals surface area (Å²) in [6.07, 6.45) is 0. The molecule has 0 aliphatic rings. The fourth-order valence-electron chi connectivity index (χ4n) is 2.86. The molecule has 0 spiro atoms. The first-order valence-electron chi connectivity index (χ1n) is 9.07. The van der Waals surface area contributed by atoms with Gasteiger partial charge in [0.05, 0.1) is 0 Å². The third kappa shape index (κ3) is 4.91. The third-order valence-corrected chi connectivity index (χ3v) is 4.23. The average Bonchev–Trinajstić information content (AvgIpc) is 2.66. The molecule has 1 N–H and O–H groups in total. The molecule has 3 aromatic rings. The Morgan fingerprint density at radius 2 is 1.78 bits per heavy atom. The highest BCUT2D eigenvalue weighted by Gasteiger charge is 2.15. The molecule has 138 valence electrons. The lowest BCUT2D eigenvalue weighted by atomic mass is 10.2. The lowest BCUT2D eigenvalue weighted by Crippen LogP contribution is -2.26. The Bertz CT molecular complexity index is 925. The van der Waals surface area contributed by atoms with Crippen LogP contribution in [0.1, 0.15) is 34.2 Å². The van der Waals surface area contributed by atoms with Crippen molar-refractivity contribution in [1.29, 1.82) is 0 Å². The number of hydrogen-bond donors (Lipinski definition) is 1. The van der Waals surface area contributed by atoms with Crippen molar-refractivity contribution in [2.75, 3.05) is 16.8 Å². The minimum Gasteiger partial charge on any atom is -0.337 e. The van der Waals surface area contributed by atoms with Gasteiger partial charge in [-0.25, -0.2) is 9.97 Å². The van der Waals surface area contributed by atoms with Crippen LogP contribution < -0.4 is 10.2 Å². The second kappa shape index (κ2) is 8.45. The van der Waals surface area contributed by atoms with Crippen LogP contribution in [0.4, 0.5) is 11.6 Å². The standard InChI is InChI=1S/C22H24N4O/c1-4-26(15-18-10-6-5-7-11-18)22-23-17(3)14-20(25-22)21(27)24-19-12-8-9-16(2)13-19/h5-14H,4,15H2,1-3H3,(H,24,27). The summed E-state index contributed by atoms with van der Waals surface area (Å²) in [6.45, 7) is 7.37. The Labute approximate surface area is 160 Å². The van der Waals surface area contributed by atoms with E-state index in [2.05, 4.69) is 39.2 Å². The van der Waals surface area contributed by atoms with Gasteiger partial charge in [0.25, 0.3) is 5.91 Å². The Hall–Kier alpha value is -3.21. The zero-order valence-corrected chi connectivity index (χ0v) is 15.9. The van der Waals surface area contributed by atoms with Gasteiger partial charge < -0.3 is 10.2 Å². The molecule has 0 bridgehead atoms. The number of aromatic nitrogens is 2. The van der Waals surface area contributed by atoms with E-state index in [1.54, 1.807) is 6.07 Å². The topological polar surface area (TPSA) is 58.1 Å². The van der Waals surface area contributed by atoms with E-state index in [9.17, 15) is 4.79 Å². The van der Waals surface area contributed by atoms with Gasteiger partial charge in [0.2, 0.25) is 5.95 Å². The molecule has 2 aromatic carbocycles. The van der Waals surface area contributed by atoms with Gasteiger partial charge >= 0.3 is 0 Å². The van der Waals surface area contributed by atoms with Crippen LogP contribution in [0.5, 0.6) is 0 Å². The Balaban J connectivity index is 1.83. The first-order chi connectivity index (χ1) is 13.0. The second-order valence-electron chi connectivity index (χ2n) is 6.52. The van der Waals surface area contributed by atoms with Gasteiger partial charge in [-0.15, -0.1) is 0 Å². The molecule has 0 atom stereocenters. The normalized spacial score (nSPS) is 10.5. The minimum atomic E-state index is -0.233. The maximum absolute atomic E-state index is 12.7. The fourth-order valence-corrected chi connectivity index (χ4v) is 2.86. The summed E-state index contributed by atoms with van der Waals surface area (Å²) >= 11 is 0. The number of hydrogen-bond acceptors (Lipinski definition) is 4. The van der Waals surface area contributed by atoms with Gasteiger partial charge in [0.15, 0.2) is 0 Å². The number of benzene rings is 2. The van der Waals surface area contributed by atoms with E-state index in [1.165, 1.54) is 5.56 Å². The van der Waals surface area contributed by atoms with E-state index < -0.39 is 0 Å². The van der Waals surface area contributed by atoms with Crippen LogP contribution in [0.3, 0.4) is 0 Å². The smallest absolute Gasteiger partial charge is 0.274 e. The van der Waals surface area contributed by atoms with E-state index in [0.717, 1.165) is 23.5 Å². The molecule has 0 saturated carbocycles. The van der Waals surface area contributed by atoms with Crippen LogP contribution in [0.2, 0.25) is 0 Å². The van der Waals surface area contributed by atoms with Crippen LogP contribution in [-0.2, 0) is 6.54 Å². The van der Waals surface area contributed by atoms with Gasteiger partial charge in [-0.05, 0) is 50.1 Å². The molecule has 3 rings (SSSR count). The predicted octanol–water partition coefficient (Wildman–Crippen LogP) is 4.37.